The number of nitrogens with zero attached hydrogens (tertiary/aromatic N) is 3. The van der Waals surface area contributed by atoms with Crippen LogP contribution in [-0.2, 0) is 23.6 Å². The molecule has 0 saturated carbocycles. The second kappa shape index (κ2) is 8.37. The average Bonchev–Trinajstić information content (AvgIpc) is 3.41. The third-order valence-corrected chi connectivity index (χ3v) is 7.96. The van der Waals surface area contributed by atoms with Gasteiger partial charge in [0.15, 0.2) is 0 Å². The number of hydrogen-bond acceptors (Lipinski definition) is 4. The van der Waals surface area contributed by atoms with E-state index in [1.165, 1.54) is 4.57 Å². The van der Waals surface area contributed by atoms with Gasteiger partial charge in [0.05, 0.1) is 16.3 Å². The lowest BCUT2D eigenvalue weighted by Gasteiger charge is -2.15. The summed E-state index contributed by atoms with van der Waals surface area (Å²) in [5.74, 6) is 0.738. The lowest BCUT2D eigenvalue weighted by molar-refractivity contribution is 0.588. The van der Waals surface area contributed by atoms with Gasteiger partial charge in [-0.3, -0.25) is 4.79 Å². The lowest BCUT2D eigenvalue weighted by atomic mass is 9.99. The first kappa shape index (κ1) is 23.3. The molecule has 3 aromatic heterocycles. The minimum atomic E-state index is -3.89. The number of primary sulfonamides is 1. The van der Waals surface area contributed by atoms with E-state index in [9.17, 15) is 13.2 Å². The summed E-state index contributed by atoms with van der Waals surface area (Å²) < 4.78 is 28.3. The van der Waals surface area contributed by atoms with Crippen LogP contribution in [0.1, 0.15) is 29.1 Å². The van der Waals surface area contributed by atoms with Crippen LogP contribution >= 0.6 is 11.6 Å². The number of fused-ring (bicyclic) bond motifs is 2. The summed E-state index contributed by atoms with van der Waals surface area (Å²) in [4.78, 5) is 20.3. The van der Waals surface area contributed by atoms with Crippen molar-refractivity contribution >= 4 is 43.6 Å². The van der Waals surface area contributed by atoms with Gasteiger partial charge in [-0.15, -0.1) is 0 Å². The molecule has 0 spiro atoms. The Labute approximate surface area is 207 Å². The van der Waals surface area contributed by atoms with Gasteiger partial charge < -0.3 is 14.1 Å². The van der Waals surface area contributed by atoms with Crippen molar-refractivity contribution in [1.29, 1.82) is 0 Å². The van der Waals surface area contributed by atoms with Gasteiger partial charge in [0.2, 0.25) is 10.0 Å². The highest BCUT2D eigenvalue weighted by Gasteiger charge is 2.25. The Hall–Kier alpha value is -3.40. The van der Waals surface area contributed by atoms with Crippen molar-refractivity contribution in [3.8, 4) is 11.1 Å². The Balaban J connectivity index is 1.81. The van der Waals surface area contributed by atoms with E-state index >= 15 is 0 Å². The summed E-state index contributed by atoms with van der Waals surface area (Å²) in [6, 6.07) is 13.2. The first-order chi connectivity index (χ1) is 16.5. The molecule has 0 aliphatic heterocycles. The minimum Gasteiger partial charge on any atom is -0.357 e. The smallest absolute Gasteiger partial charge is 0.274 e. The third-order valence-electron chi connectivity index (χ3n) is 6.46. The highest BCUT2D eigenvalue weighted by Crippen LogP contribution is 2.36. The molecular formula is C25H24ClN5O3S. The first-order valence-corrected chi connectivity index (χ1v) is 13.0. The van der Waals surface area contributed by atoms with Crippen molar-refractivity contribution in [2.45, 2.75) is 25.6 Å². The van der Waals surface area contributed by atoms with Crippen LogP contribution in [0.4, 0.5) is 0 Å². The number of benzene rings is 2. The van der Waals surface area contributed by atoms with E-state index in [2.05, 4.69) is 4.98 Å². The third kappa shape index (κ3) is 4.05. The SMILES string of the molecule is Cc1nc2c(C(C)S(N)(=O)=O)cc(-c3cn(C)c(=O)c4[nH]ccc34)cc2n1Cc1ccc(Cl)cc1. The Morgan fingerprint density at radius 1 is 1.17 bits per heavy atom. The van der Waals surface area contributed by atoms with Crippen molar-refractivity contribution in [2.75, 3.05) is 0 Å². The molecule has 3 heterocycles. The quantitative estimate of drug-likeness (QED) is 0.368. The van der Waals surface area contributed by atoms with Crippen molar-refractivity contribution in [2.24, 2.45) is 12.2 Å². The number of nitrogens with two attached hydrogens (primary N) is 1. The monoisotopic (exact) mass is 509 g/mol. The predicted octanol–water partition coefficient (Wildman–Crippen LogP) is 4.24. The molecule has 1 unspecified atom stereocenters. The number of imidazole rings is 1. The number of aromatic amines is 1. The normalized spacial score (nSPS) is 13.1. The molecule has 0 saturated heterocycles. The van der Waals surface area contributed by atoms with Crippen molar-refractivity contribution in [3.05, 3.63) is 87.2 Å². The number of sulfonamides is 1. The maximum atomic E-state index is 12.6. The first-order valence-electron chi connectivity index (χ1n) is 11.0. The van der Waals surface area contributed by atoms with E-state index in [0.29, 0.717) is 28.2 Å². The van der Waals surface area contributed by atoms with Crippen LogP contribution < -0.4 is 10.7 Å². The Bertz CT molecular complexity index is 1770. The van der Waals surface area contributed by atoms with E-state index in [1.807, 2.05) is 54.0 Å². The van der Waals surface area contributed by atoms with Crippen molar-refractivity contribution in [3.63, 3.8) is 0 Å². The molecule has 8 nitrogen and oxygen atoms in total. The van der Waals surface area contributed by atoms with Gasteiger partial charge in [0, 0.05) is 42.0 Å². The van der Waals surface area contributed by atoms with Gasteiger partial charge >= 0.3 is 0 Å². The van der Waals surface area contributed by atoms with Crippen LogP contribution in [0, 0.1) is 6.92 Å². The van der Waals surface area contributed by atoms with Crippen LogP contribution in [0.15, 0.2) is 59.7 Å². The summed E-state index contributed by atoms with van der Waals surface area (Å²) in [6.45, 7) is 3.98. The fraction of sp³-hybridized carbons (Fsp3) is 0.200. The summed E-state index contributed by atoms with van der Waals surface area (Å²) >= 11 is 6.05. The summed E-state index contributed by atoms with van der Waals surface area (Å²) in [5.41, 5.74) is 4.79. The largest absolute Gasteiger partial charge is 0.357 e. The Morgan fingerprint density at radius 3 is 2.57 bits per heavy atom. The highest BCUT2D eigenvalue weighted by atomic mass is 35.5. The number of H-pyrrole nitrogens is 1. The predicted molar refractivity (Wildman–Crippen MR) is 139 cm³/mol. The molecule has 10 heteroatoms. The van der Waals surface area contributed by atoms with Crippen LogP contribution in [-0.4, -0.2) is 27.5 Å². The Kier molecular flexibility index (Phi) is 5.58. The number of nitrogens with one attached hydrogen (secondary N) is 1. The zero-order valence-corrected chi connectivity index (χ0v) is 21.0. The number of halogens is 1. The van der Waals surface area contributed by atoms with Gasteiger partial charge in [0.25, 0.3) is 5.56 Å². The second-order valence-electron chi connectivity index (χ2n) is 8.76. The molecule has 5 rings (SSSR count). The zero-order chi connectivity index (χ0) is 25.1. The molecule has 0 amide bonds. The molecule has 0 bridgehead atoms. The number of aryl methyl sites for hydroxylation is 2. The van der Waals surface area contributed by atoms with Gasteiger partial charge in [-0.1, -0.05) is 23.7 Å². The van der Waals surface area contributed by atoms with Crippen LogP contribution in [0.3, 0.4) is 0 Å². The highest BCUT2D eigenvalue weighted by molar-refractivity contribution is 7.89. The van der Waals surface area contributed by atoms with Crippen LogP contribution in [0.5, 0.6) is 0 Å². The fourth-order valence-electron chi connectivity index (χ4n) is 4.48. The van der Waals surface area contributed by atoms with E-state index in [-0.39, 0.29) is 5.56 Å². The number of hydrogen-bond donors (Lipinski definition) is 2. The molecule has 0 radical (unpaired) electrons. The van der Waals surface area contributed by atoms with Gasteiger partial charge in [-0.25, -0.2) is 18.5 Å². The van der Waals surface area contributed by atoms with Gasteiger partial charge in [-0.2, -0.15) is 0 Å². The topological polar surface area (TPSA) is 116 Å². The average molecular weight is 510 g/mol. The number of aromatic nitrogens is 4. The van der Waals surface area contributed by atoms with E-state index < -0.39 is 15.3 Å². The molecule has 5 aromatic rings. The number of rotatable bonds is 5. The van der Waals surface area contributed by atoms with Gasteiger partial charge in [0.1, 0.15) is 11.3 Å². The van der Waals surface area contributed by atoms with Crippen molar-refractivity contribution in [1.82, 2.24) is 19.1 Å². The van der Waals surface area contributed by atoms with E-state index in [4.69, 9.17) is 21.7 Å². The van der Waals surface area contributed by atoms with E-state index in [1.54, 1.807) is 26.4 Å². The molecule has 2 aromatic carbocycles. The zero-order valence-electron chi connectivity index (χ0n) is 19.4. The molecule has 0 aliphatic rings. The minimum absolute atomic E-state index is 0.142. The van der Waals surface area contributed by atoms with Crippen molar-refractivity contribution < 1.29 is 8.42 Å². The molecule has 3 N–H and O–H groups in total. The standard InChI is InChI=1S/C25H24ClN5O3S/c1-14(35(27,33)34)20-10-17(21-13-30(3)25(32)24-19(21)8-9-28-24)11-22-23(20)29-15(2)31(22)12-16-4-6-18(26)7-5-16/h4-11,13-14,28H,12H2,1-3H3,(H2,27,33,34). The fourth-order valence-corrected chi connectivity index (χ4v) is 5.14. The van der Waals surface area contributed by atoms with Crippen LogP contribution in [0.2, 0.25) is 5.02 Å². The summed E-state index contributed by atoms with van der Waals surface area (Å²) in [6.07, 6.45) is 3.48. The maximum Gasteiger partial charge on any atom is 0.274 e. The Morgan fingerprint density at radius 2 is 1.89 bits per heavy atom. The molecule has 0 fully saturated rings. The molecule has 35 heavy (non-hydrogen) atoms. The van der Waals surface area contributed by atoms with Crippen LogP contribution in [0.25, 0.3) is 33.1 Å². The molecule has 1 atom stereocenters. The summed E-state index contributed by atoms with van der Waals surface area (Å²) in [7, 11) is -2.20. The molecular weight excluding hydrogens is 486 g/mol. The maximum absolute atomic E-state index is 12.6. The van der Waals surface area contributed by atoms with Gasteiger partial charge in [-0.05, 0) is 60.9 Å². The molecule has 180 valence electrons. The second-order valence-corrected chi connectivity index (χ2v) is 11.1. The van der Waals surface area contributed by atoms with E-state index in [0.717, 1.165) is 33.4 Å². The summed E-state index contributed by atoms with van der Waals surface area (Å²) in [5, 5.41) is 5.99. The lowest BCUT2D eigenvalue weighted by Crippen LogP contribution is -2.19. The number of pyridine rings is 1. The molecule has 0 aliphatic carbocycles.